The van der Waals surface area contributed by atoms with Gasteiger partial charge in [0.05, 0.1) is 11.1 Å². The fourth-order valence-corrected chi connectivity index (χ4v) is 3.25. The number of rotatable bonds is 6. The maximum atomic E-state index is 12.9. The zero-order chi connectivity index (χ0) is 20.8. The normalized spacial score (nSPS) is 17.5. The standard InChI is InChI=1S/C18H14FN5O4S/c19-12-3-5-13(6-4-12)21-16(25)9-15-17(26)22-18(29-15)23-20-10-11-1-7-14(8-2-11)24(27)28/h1-8,10,15H,9H2,(H,21,25)(H,22,23,26)/b20-10+. The topological polar surface area (TPSA) is 126 Å². The van der Waals surface area contributed by atoms with Crippen molar-refractivity contribution < 1.29 is 18.9 Å². The number of carbonyl (C=O) groups excluding carboxylic acids is 2. The van der Waals surface area contributed by atoms with Crippen LogP contribution in [0.25, 0.3) is 0 Å². The van der Waals surface area contributed by atoms with Crippen LogP contribution in [0, 0.1) is 15.9 Å². The van der Waals surface area contributed by atoms with Crippen LogP contribution in [0.1, 0.15) is 12.0 Å². The van der Waals surface area contributed by atoms with Crippen molar-refractivity contribution in [2.24, 2.45) is 10.2 Å². The van der Waals surface area contributed by atoms with Crippen LogP contribution in [0.4, 0.5) is 15.8 Å². The summed E-state index contributed by atoms with van der Waals surface area (Å²) in [5, 5.41) is 23.1. The molecule has 2 aromatic carbocycles. The predicted octanol–water partition coefficient (Wildman–Crippen LogP) is 2.68. The summed E-state index contributed by atoms with van der Waals surface area (Å²) in [6, 6.07) is 11.0. The number of nitro groups is 1. The van der Waals surface area contributed by atoms with Gasteiger partial charge in [-0.25, -0.2) is 4.39 Å². The van der Waals surface area contributed by atoms with Crippen LogP contribution in [-0.2, 0) is 9.59 Å². The Bertz CT molecular complexity index is 992. The largest absolute Gasteiger partial charge is 0.326 e. The number of amides is 2. The minimum atomic E-state index is -0.663. The van der Waals surface area contributed by atoms with Gasteiger partial charge in [0, 0.05) is 24.2 Å². The Balaban J connectivity index is 1.54. The molecule has 1 fully saturated rings. The lowest BCUT2D eigenvalue weighted by Gasteiger charge is -2.07. The van der Waals surface area contributed by atoms with Gasteiger partial charge < -0.3 is 10.6 Å². The molecule has 2 amide bonds. The third-order valence-corrected chi connectivity index (χ3v) is 4.81. The molecule has 0 saturated carbocycles. The fourth-order valence-electron chi connectivity index (χ4n) is 2.33. The molecule has 1 unspecified atom stereocenters. The van der Waals surface area contributed by atoms with E-state index in [0.29, 0.717) is 11.3 Å². The summed E-state index contributed by atoms with van der Waals surface area (Å²) in [6.07, 6.45) is 1.30. The molecule has 148 valence electrons. The second-order valence-electron chi connectivity index (χ2n) is 5.85. The smallest absolute Gasteiger partial charge is 0.269 e. The van der Waals surface area contributed by atoms with E-state index in [0.717, 1.165) is 11.8 Å². The molecule has 1 aliphatic heterocycles. The zero-order valence-corrected chi connectivity index (χ0v) is 15.6. The van der Waals surface area contributed by atoms with Crippen molar-refractivity contribution in [1.29, 1.82) is 0 Å². The summed E-state index contributed by atoms with van der Waals surface area (Å²) < 4.78 is 12.9. The highest BCUT2D eigenvalue weighted by Crippen LogP contribution is 2.23. The Morgan fingerprint density at radius 2 is 1.93 bits per heavy atom. The van der Waals surface area contributed by atoms with Crippen LogP contribution < -0.4 is 10.6 Å². The van der Waals surface area contributed by atoms with Crippen molar-refractivity contribution in [3.63, 3.8) is 0 Å². The summed E-state index contributed by atoms with van der Waals surface area (Å²) in [5.74, 6) is -1.17. The van der Waals surface area contributed by atoms with Gasteiger partial charge >= 0.3 is 0 Å². The maximum absolute atomic E-state index is 12.9. The molecule has 1 heterocycles. The number of nitrogens with zero attached hydrogens (tertiary/aromatic N) is 3. The number of halogens is 1. The number of carbonyl (C=O) groups is 2. The first kappa shape index (κ1) is 20.1. The lowest BCUT2D eigenvalue weighted by Crippen LogP contribution is -2.28. The Kier molecular flexibility index (Phi) is 6.29. The van der Waals surface area contributed by atoms with E-state index in [1.165, 1.54) is 54.7 Å². The summed E-state index contributed by atoms with van der Waals surface area (Å²) in [5.41, 5.74) is 1.000. The van der Waals surface area contributed by atoms with Gasteiger partial charge in [0.2, 0.25) is 11.8 Å². The lowest BCUT2D eigenvalue weighted by atomic mass is 10.2. The Hall–Kier alpha value is -3.60. The molecule has 29 heavy (non-hydrogen) atoms. The van der Waals surface area contributed by atoms with Gasteiger partial charge in [-0.15, -0.1) is 5.10 Å². The van der Waals surface area contributed by atoms with Gasteiger partial charge in [-0.2, -0.15) is 5.10 Å². The number of anilines is 1. The molecular formula is C18H14FN5O4S. The molecule has 3 rings (SSSR count). The van der Waals surface area contributed by atoms with Crippen LogP contribution in [0.2, 0.25) is 0 Å². The highest BCUT2D eigenvalue weighted by molar-refractivity contribution is 8.15. The summed E-state index contributed by atoms with van der Waals surface area (Å²) in [4.78, 5) is 34.2. The number of hydrogen-bond acceptors (Lipinski definition) is 7. The average Bonchev–Trinajstić information content (AvgIpc) is 3.03. The third-order valence-electron chi connectivity index (χ3n) is 3.73. The van der Waals surface area contributed by atoms with Gasteiger partial charge in [-0.05, 0) is 42.0 Å². The number of nitro benzene ring substituents is 1. The molecule has 2 aromatic rings. The SMILES string of the molecule is O=C(CC1S/C(=N/N=C/c2ccc([N+](=O)[O-])cc2)NC1=O)Nc1ccc(F)cc1. The highest BCUT2D eigenvalue weighted by Gasteiger charge is 2.32. The molecule has 0 aliphatic carbocycles. The Morgan fingerprint density at radius 3 is 2.59 bits per heavy atom. The minimum absolute atomic E-state index is 0.0335. The molecule has 1 atom stereocenters. The first-order chi connectivity index (χ1) is 13.9. The number of thioether (sulfide) groups is 1. The number of amidine groups is 1. The van der Waals surface area contributed by atoms with Crippen LogP contribution in [0.5, 0.6) is 0 Å². The second-order valence-corrected chi connectivity index (χ2v) is 7.04. The molecule has 0 bridgehead atoms. The first-order valence-corrected chi connectivity index (χ1v) is 9.17. The van der Waals surface area contributed by atoms with Crippen molar-refractivity contribution in [3.8, 4) is 0 Å². The molecule has 0 radical (unpaired) electrons. The zero-order valence-electron chi connectivity index (χ0n) is 14.7. The summed E-state index contributed by atoms with van der Waals surface area (Å²) >= 11 is 1.07. The van der Waals surface area contributed by atoms with Crippen molar-refractivity contribution in [2.45, 2.75) is 11.7 Å². The molecule has 1 saturated heterocycles. The van der Waals surface area contributed by atoms with E-state index in [2.05, 4.69) is 20.8 Å². The quantitative estimate of drug-likeness (QED) is 0.426. The van der Waals surface area contributed by atoms with Crippen LogP contribution in [0.3, 0.4) is 0 Å². The molecule has 0 spiro atoms. The van der Waals surface area contributed by atoms with Gasteiger partial charge in [-0.1, -0.05) is 11.8 Å². The Morgan fingerprint density at radius 1 is 1.24 bits per heavy atom. The van der Waals surface area contributed by atoms with Gasteiger partial charge in [0.25, 0.3) is 5.69 Å². The van der Waals surface area contributed by atoms with Gasteiger partial charge in [0.1, 0.15) is 11.1 Å². The van der Waals surface area contributed by atoms with Crippen molar-refractivity contribution >= 4 is 46.3 Å². The molecular weight excluding hydrogens is 401 g/mol. The van der Waals surface area contributed by atoms with Crippen LogP contribution >= 0.6 is 11.8 Å². The van der Waals surface area contributed by atoms with Gasteiger partial charge in [-0.3, -0.25) is 19.7 Å². The molecule has 11 heteroatoms. The van der Waals surface area contributed by atoms with E-state index in [1.54, 1.807) is 0 Å². The highest BCUT2D eigenvalue weighted by atomic mass is 32.2. The van der Waals surface area contributed by atoms with Crippen LogP contribution in [-0.4, -0.2) is 33.4 Å². The minimum Gasteiger partial charge on any atom is -0.326 e. The third kappa shape index (κ3) is 5.69. The van der Waals surface area contributed by atoms with Crippen molar-refractivity contribution in [2.75, 3.05) is 5.32 Å². The number of benzene rings is 2. The van der Waals surface area contributed by atoms with E-state index in [9.17, 15) is 24.1 Å². The van der Waals surface area contributed by atoms with Crippen molar-refractivity contribution in [3.05, 3.63) is 70.0 Å². The number of non-ortho nitro benzene ring substituents is 1. The fraction of sp³-hybridized carbons (Fsp3) is 0.111. The summed E-state index contributed by atoms with van der Waals surface area (Å²) in [7, 11) is 0. The van der Waals surface area contributed by atoms with Gasteiger partial charge in [0.15, 0.2) is 5.17 Å². The number of nitrogens with one attached hydrogen (secondary N) is 2. The molecule has 9 nitrogen and oxygen atoms in total. The molecule has 2 N–H and O–H groups in total. The first-order valence-electron chi connectivity index (χ1n) is 8.29. The van der Waals surface area contributed by atoms with E-state index in [4.69, 9.17) is 0 Å². The Labute approximate surface area is 168 Å². The van der Waals surface area contributed by atoms with E-state index < -0.39 is 16.0 Å². The lowest BCUT2D eigenvalue weighted by molar-refractivity contribution is -0.384. The van der Waals surface area contributed by atoms with Crippen molar-refractivity contribution in [1.82, 2.24) is 5.32 Å². The number of hydrogen-bond donors (Lipinski definition) is 2. The molecule has 0 aromatic heterocycles. The van der Waals surface area contributed by atoms with E-state index in [1.807, 2.05) is 0 Å². The summed E-state index contributed by atoms with van der Waals surface area (Å²) in [6.45, 7) is 0. The van der Waals surface area contributed by atoms with Crippen LogP contribution in [0.15, 0.2) is 58.7 Å². The van der Waals surface area contributed by atoms with E-state index in [-0.39, 0.29) is 29.1 Å². The second kappa shape index (κ2) is 9.06. The predicted molar refractivity (Wildman–Crippen MR) is 107 cm³/mol. The average molecular weight is 415 g/mol. The monoisotopic (exact) mass is 415 g/mol. The maximum Gasteiger partial charge on any atom is 0.269 e. The van der Waals surface area contributed by atoms with E-state index >= 15 is 0 Å². The molecule has 1 aliphatic rings.